The van der Waals surface area contributed by atoms with Gasteiger partial charge in [0.25, 0.3) is 0 Å². The van der Waals surface area contributed by atoms with Crippen molar-refractivity contribution < 1.29 is 109 Å². The molecule has 0 saturated carbocycles. The van der Waals surface area contributed by atoms with E-state index in [2.05, 4.69) is 41.6 Å². The third-order valence-electron chi connectivity index (χ3n) is 14.3. The fourth-order valence-electron chi connectivity index (χ4n) is 9.87. The number of ether oxygens (including phenoxy) is 1. The molecule has 4 amide bonds. The number of hydrogen-bond donors (Lipinski definition) is 4. The lowest BCUT2D eigenvalue weighted by Gasteiger charge is -2.27. The second-order valence-corrected chi connectivity index (χ2v) is 27.3. The molecule has 4 N–H and O–H groups in total. The molecule has 24 nitrogen and oxygen atoms in total. The normalized spacial score (nSPS) is 15.9. The van der Waals surface area contributed by atoms with Crippen LogP contribution in [0.1, 0.15) is 71.7 Å². The first-order valence-corrected chi connectivity index (χ1v) is 31.4. The number of alkyl halides is 8. The highest BCUT2D eigenvalue weighted by Gasteiger charge is 2.62. The predicted octanol–water partition coefficient (Wildman–Crippen LogP) is 7.99. The van der Waals surface area contributed by atoms with Crippen molar-refractivity contribution in [3.8, 4) is 23.0 Å². The van der Waals surface area contributed by atoms with E-state index in [0.29, 0.717) is 22.1 Å². The third kappa shape index (κ3) is 14.6. The van der Waals surface area contributed by atoms with Crippen LogP contribution < -0.4 is 14.5 Å². The Morgan fingerprint density at radius 3 is 2.16 bits per heavy atom. The number of carboxylic acids is 1. The van der Waals surface area contributed by atoms with Gasteiger partial charge < -0.3 is 24.9 Å². The molecule has 0 fully saturated rings. The van der Waals surface area contributed by atoms with Crippen LogP contribution in [-0.4, -0.2) is 134 Å². The summed E-state index contributed by atoms with van der Waals surface area (Å²) in [6, 6.07) is 5.23. The summed E-state index contributed by atoms with van der Waals surface area (Å²) in [7, 11) is -13.3. The first-order chi connectivity index (χ1) is 41.5. The number of urea groups is 1. The maximum Gasteiger partial charge on any atom is 0.472 e. The summed E-state index contributed by atoms with van der Waals surface area (Å²) in [5.41, 5.74) is -6.74. The van der Waals surface area contributed by atoms with Crippen LogP contribution in [0.15, 0.2) is 60.8 Å². The van der Waals surface area contributed by atoms with Crippen LogP contribution in [0.2, 0.25) is 5.02 Å². The Hall–Kier alpha value is -7.94. The number of aryl methyl sites for hydroxylation is 1. The van der Waals surface area contributed by atoms with E-state index >= 15 is 17.6 Å². The lowest BCUT2D eigenvalue weighted by molar-refractivity contribution is -0.143. The molecule has 4 aromatic heterocycles. The molecule has 0 aliphatic heterocycles. The minimum atomic E-state index is -5.35. The van der Waals surface area contributed by atoms with Crippen LogP contribution in [0.3, 0.4) is 0 Å². The largest absolute Gasteiger partial charge is 0.480 e. The highest BCUT2D eigenvalue weighted by molar-refractivity contribution is 7.93. The van der Waals surface area contributed by atoms with E-state index in [9.17, 15) is 72.0 Å². The van der Waals surface area contributed by atoms with E-state index in [1.807, 2.05) is 0 Å². The SMILES string of the molecule is CN(C(=O)N(c1nn(CC(F)(F)F)c2c(-c3ccc(CCC(C)(C)S(C)(=O)=O)nc3[C@H](Cc3cc(F)cc(F)c3)NC(=O)Cn3nc(C(F)(F)F)c4c3C(F)(F)[C@@H]3C#C[C@H]43)ccc(Cl)c12)S(C)(=O)=O)c1ncccc1CN(CC(=O)O)C(=O)OCOP(=O)(O)O. The predicted molar refractivity (Wildman–Crippen MR) is 295 cm³/mol. The van der Waals surface area contributed by atoms with E-state index in [1.54, 1.807) is 0 Å². The number of carboxylic acid groups (broad SMARTS) is 1. The summed E-state index contributed by atoms with van der Waals surface area (Å²) in [4.78, 5) is 81.8. The molecule has 484 valence electrons. The van der Waals surface area contributed by atoms with Crippen molar-refractivity contribution >= 4 is 85.8 Å². The fourth-order valence-corrected chi connectivity index (χ4v) is 11.6. The molecule has 2 aromatic carbocycles. The Bertz CT molecular complexity index is 4230. The molecule has 2 aliphatic carbocycles. The quantitative estimate of drug-likeness (QED) is 0.0216. The van der Waals surface area contributed by atoms with Crippen molar-refractivity contribution in [2.75, 3.05) is 42.1 Å². The van der Waals surface area contributed by atoms with Gasteiger partial charge in [-0.05, 0) is 69.0 Å². The van der Waals surface area contributed by atoms with Gasteiger partial charge in [0.1, 0.15) is 48.7 Å². The number of phosphoric ester groups is 1. The summed E-state index contributed by atoms with van der Waals surface area (Å²) in [5.74, 6) is -10.4. The monoisotopic (exact) mass is 1360 g/mol. The molecule has 90 heavy (non-hydrogen) atoms. The molecule has 0 saturated heterocycles. The maximum absolute atomic E-state index is 15.9. The highest BCUT2D eigenvalue weighted by Crippen LogP contribution is 2.58. The Morgan fingerprint density at radius 1 is 0.922 bits per heavy atom. The van der Waals surface area contributed by atoms with Gasteiger partial charge in [0.05, 0.1) is 51.1 Å². The molecule has 0 unspecified atom stereocenters. The Morgan fingerprint density at radius 2 is 1.58 bits per heavy atom. The summed E-state index contributed by atoms with van der Waals surface area (Å²) in [6.07, 6.45) is -11.0. The summed E-state index contributed by atoms with van der Waals surface area (Å²) < 4.78 is 223. The van der Waals surface area contributed by atoms with Crippen LogP contribution in [0, 0.1) is 29.4 Å². The van der Waals surface area contributed by atoms with E-state index in [0.717, 1.165) is 49.8 Å². The zero-order valence-electron chi connectivity index (χ0n) is 46.9. The average Bonchev–Trinajstić information content (AvgIpc) is 1.54. The summed E-state index contributed by atoms with van der Waals surface area (Å²) in [5, 5.41) is 18.0. The number of aliphatic carboxylic acids is 1. The van der Waals surface area contributed by atoms with Crippen molar-refractivity contribution in [2.24, 2.45) is 5.92 Å². The van der Waals surface area contributed by atoms with Crippen LogP contribution in [0.25, 0.3) is 22.0 Å². The zero-order valence-corrected chi connectivity index (χ0v) is 50.2. The number of benzene rings is 2. The van der Waals surface area contributed by atoms with Crippen molar-refractivity contribution in [1.82, 2.24) is 39.7 Å². The minimum Gasteiger partial charge on any atom is -0.480 e. The number of sulfonamides is 1. The topological polar surface area (TPSA) is 316 Å². The fraction of sp³-hybridized carbons (Fsp3) is 0.385. The standard InChI is InChI=1S/C52H48ClF10N10O14PS2/c1-49(2,89(4,82)83)15-14-30-8-9-31(41(65-30)36(19-26-17-28(54)20-29(55)18-26)66-37(74)22-71-44-39(43(67-71)52(61,62)63)33-10-12-34(33)51(44,59)60)32-11-13-35(53)40-42(32)72(24-50(56,57)58)68-46(40)73(90(5,84)85)47(77)69(3)45-27(7-6-16-64-45)21-70(23-38(75)76)48(78)86-25-87-88(79,80)81/h6-9,11,13,16-18,20,33-34,36H,14-15,19,21-25H2,1-5H3,(H,66,74)(H,75,76)(H2,79,80,81)/t33-,34+,36-/m0/s1. The Labute approximate surface area is 507 Å². The number of fused-ring (bicyclic) bond motifs is 4. The molecular weight excluding hydrogens is 1310 g/mol. The number of sulfone groups is 1. The van der Waals surface area contributed by atoms with Gasteiger partial charge in [-0.25, -0.2) is 49.3 Å². The molecule has 2 aliphatic rings. The van der Waals surface area contributed by atoms with Crippen LogP contribution in [0.4, 0.5) is 65.1 Å². The number of hydrogen-bond acceptors (Lipinski definition) is 15. The number of rotatable bonds is 22. The molecule has 0 spiro atoms. The van der Waals surface area contributed by atoms with Gasteiger partial charge in [-0.3, -0.25) is 33.7 Å². The lowest BCUT2D eigenvalue weighted by Crippen LogP contribution is -2.46. The number of amides is 4. The van der Waals surface area contributed by atoms with Gasteiger partial charge in [-0.15, -0.1) is 0 Å². The number of nitrogens with zero attached hydrogens (tertiary/aromatic N) is 9. The molecule has 3 atom stereocenters. The minimum absolute atomic E-state index is 0.0395. The number of pyridine rings is 2. The lowest BCUT2D eigenvalue weighted by atomic mass is 9.84. The van der Waals surface area contributed by atoms with Crippen molar-refractivity contribution in [2.45, 2.75) is 87.7 Å². The number of nitrogens with one attached hydrogen (secondary N) is 1. The summed E-state index contributed by atoms with van der Waals surface area (Å²) >= 11 is 6.78. The number of anilines is 2. The van der Waals surface area contributed by atoms with E-state index in [-0.39, 0.29) is 48.9 Å². The van der Waals surface area contributed by atoms with Gasteiger partial charge >= 0.3 is 44.2 Å². The molecule has 6 aromatic rings. The second kappa shape index (κ2) is 24.7. The van der Waals surface area contributed by atoms with Crippen LogP contribution >= 0.6 is 19.4 Å². The van der Waals surface area contributed by atoms with Crippen molar-refractivity contribution in [3.63, 3.8) is 0 Å². The number of phosphoric acid groups is 1. The number of aromatic nitrogens is 6. The molecule has 8 rings (SSSR count). The highest BCUT2D eigenvalue weighted by atomic mass is 35.5. The van der Waals surface area contributed by atoms with Crippen LogP contribution in [-0.2, 0) is 87.9 Å². The third-order valence-corrected chi connectivity index (χ3v) is 18.2. The first-order valence-electron chi connectivity index (χ1n) is 25.8. The first kappa shape index (κ1) is 68.0. The molecular formula is C52H48ClF10N10O14PS2. The summed E-state index contributed by atoms with van der Waals surface area (Å²) in [6.45, 7) is -4.24. The maximum atomic E-state index is 15.9. The molecule has 38 heteroatoms. The van der Waals surface area contributed by atoms with Gasteiger partial charge in [0.15, 0.2) is 21.3 Å². The van der Waals surface area contributed by atoms with E-state index < -0.39 is 199 Å². The van der Waals surface area contributed by atoms with Gasteiger partial charge in [-0.1, -0.05) is 41.6 Å². The Kier molecular flexibility index (Phi) is 18.7. The number of carbonyl (C=O) groups is 4. The molecule has 0 radical (unpaired) electrons. The van der Waals surface area contributed by atoms with Gasteiger partial charge in [0, 0.05) is 53.5 Å². The number of halogens is 11. The van der Waals surface area contributed by atoms with Crippen molar-refractivity contribution in [1.29, 1.82) is 0 Å². The van der Waals surface area contributed by atoms with Crippen LogP contribution in [0.5, 0.6) is 0 Å². The van der Waals surface area contributed by atoms with Gasteiger partial charge in [-0.2, -0.15) is 49.6 Å². The smallest absolute Gasteiger partial charge is 0.472 e. The Balaban J connectivity index is 1.31. The van der Waals surface area contributed by atoms with E-state index in [1.165, 1.54) is 32.0 Å². The average molecular weight is 1360 g/mol. The molecule has 0 bridgehead atoms. The number of carbonyl (C=O) groups excluding carboxylic acids is 3. The zero-order chi connectivity index (χ0) is 66.8. The van der Waals surface area contributed by atoms with E-state index in [4.69, 9.17) is 26.4 Å². The molecule has 4 heterocycles. The second-order valence-electron chi connectivity index (χ2n) is 21.2. The van der Waals surface area contributed by atoms with Crippen molar-refractivity contribution in [3.05, 3.63) is 117 Å². The van der Waals surface area contributed by atoms with Gasteiger partial charge in [0.2, 0.25) is 22.7 Å².